The molecule has 0 saturated carbocycles. The maximum atomic E-state index is 13.7. The van der Waals surface area contributed by atoms with Crippen LogP contribution in [-0.2, 0) is 0 Å². The summed E-state index contributed by atoms with van der Waals surface area (Å²) in [6.07, 6.45) is 2.65. The number of hydrogen-bond donors (Lipinski definition) is 0. The van der Waals surface area contributed by atoms with Gasteiger partial charge in [0, 0.05) is 12.5 Å². The van der Waals surface area contributed by atoms with Crippen molar-refractivity contribution in [2.24, 2.45) is 0 Å². The molecule has 1 amide bonds. The molecule has 0 aliphatic carbocycles. The number of aromatic nitrogens is 2. The largest absolute Gasteiger partial charge is 0.484 e. The Bertz CT molecular complexity index is 1180. The van der Waals surface area contributed by atoms with Crippen LogP contribution in [0, 0.1) is 18.7 Å². The number of rotatable bonds is 4. The fourth-order valence-electron chi connectivity index (χ4n) is 5.00. The van der Waals surface area contributed by atoms with Crippen molar-refractivity contribution < 1.29 is 18.3 Å². The van der Waals surface area contributed by atoms with Crippen LogP contribution >= 0.6 is 0 Å². The molecule has 32 heavy (non-hydrogen) atoms. The molecule has 1 fully saturated rings. The van der Waals surface area contributed by atoms with E-state index in [9.17, 15) is 18.4 Å². The van der Waals surface area contributed by atoms with Gasteiger partial charge in [0.25, 0.3) is 5.91 Å². The van der Waals surface area contributed by atoms with Gasteiger partial charge in [-0.15, -0.1) is 0 Å². The number of fused-ring (bicyclic) bond motifs is 2. The fraction of sp³-hybridized carbons (Fsp3) is 0.250. The van der Waals surface area contributed by atoms with Gasteiger partial charge in [0.1, 0.15) is 18.7 Å². The summed E-state index contributed by atoms with van der Waals surface area (Å²) in [4.78, 5) is 27.4. The van der Waals surface area contributed by atoms with Gasteiger partial charge in [-0.1, -0.05) is 24.3 Å². The van der Waals surface area contributed by atoms with Gasteiger partial charge in [-0.05, 0) is 48.2 Å². The monoisotopic (exact) mass is 436 g/mol. The molecule has 0 N–H and O–H groups in total. The molecule has 0 spiro atoms. The predicted molar refractivity (Wildman–Crippen MR) is 112 cm³/mol. The van der Waals surface area contributed by atoms with E-state index in [0.29, 0.717) is 6.54 Å². The predicted octanol–water partition coefficient (Wildman–Crippen LogP) is 3.68. The van der Waals surface area contributed by atoms with Crippen molar-refractivity contribution in [2.75, 3.05) is 6.54 Å². The molecule has 1 saturated heterocycles. The second kappa shape index (κ2) is 7.85. The molecule has 3 aromatic rings. The minimum atomic E-state index is -0.531. The van der Waals surface area contributed by atoms with E-state index in [1.807, 2.05) is 0 Å². The Kier molecular flexibility index (Phi) is 5.00. The average Bonchev–Trinajstić information content (AvgIpc) is 3.28. The highest BCUT2D eigenvalue weighted by Gasteiger charge is 2.48. The van der Waals surface area contributed by atoms with Gasteiger partial charge >= 0.3 is 0 Å². The summed E-state index contributed by atoms with van der Waals surface area (Å²) < 4.78 is 34.0. The number of ether oxygens (including phenoxy) is 1. The molecule has 3 heterocycles. The quantitative estimate of drug-likeness (QED) is 0.626. The highest BCUT2D eigenvalue weighted by molar-refractivity contribution is 5.96. The van der Waals surface area contributed by atoms with Crippen LogP contribution in [0.2, 0.25) is 0 Å². The first-order valence-corrected chi connectivity index (χ1v) is 10.4. The van der Waals surface area contributed by atoms with E-state index in [1.54, 1.807) is 29.2 Å². The highest BCUT2D eigenvalue weighted by Crippen LogP contribution is 2.45. The number of amides is 1. The van der Waals surface area contributed by atoms with Crippen molar-refractivity contribution in [3.8, 4) is 5.75 Å². The molecular formula is C24H20F2N3O3. The van der Waals surface area contributed by atoms with Crippen LogP contribution in [0.25, 0.3) is 0 Å². The van der Waals surface area contributed by atoms with E-state index in [0.717, 1.165) is 30.2 Å². The first-order valence-electron chi connectivity index (χ1n) is 10.4. The Balaban J connectivity index is 1.77. The summed E-state index contributed by atoms with van der Waals surface area (Å²) in [6.45, 7) is 0.541. The summed E-state index contributed by atoms with van der Waals surface area (Å²) in [6, 6.07) is 11.6. The van der Waals surface area contributed by atoms with Gasteiger partial charge in [0.15, 0.2) is 11.4 Å². The second-order valence-corrected chi connectivity index (χ2v) is 8.05. The van der Waals surface area contributed by atoms with E-state index < -0.39 is 11.5 Å². The van der Waals surface area contributed by atoms with Crippen molar-refractivity contribution in [1.29, 1.82) is 0 Å². The first kappa shape index (κ1) is 20.4. The third kappa shape index (κ3) is 3.18. The van der Waals surface area contributed by atoms with Crippen LogP contribution in [0.5, 0.6) is 5.75 Å². The van der Waals surface area contributed by atoms with Gasteiger partial charge in [0.2, 0.25) is 5.43 Å². The Morgan fingerprint density at radius 3 is 2.16 bits per heavy atom. The molecule has 0 unspecified atom stereocenters. The topological polar surface area (TPSA) is 64.4 Å². The van der Waals surface area contributed by atoms with Crippen LogP contribution in [-0.4, -0.2) is 33.2 Å². The molecule has 163 valence electrons. The van der Waals surface area contributed by atoms with Gasteiger partial charge in [0.05, 0.1) is 18.3 Å². The second-order valence-electron chi connectivity index (χ2n) is 8.05. The average molecular weight is 436 g/mol. The standard InChI is InChI=1S/C24H20F2N3O3/c1-32-23-19(30)13-27-29-21(18-3-2-12-28(18)24(31)22(23)29)20(14-4-8-16(25)9-5-14)15-6-10-17(26)11-7-15/h4-11,13,18,20-21H,1-3,12H2/t18-,21-/m1/s1. The van der Waals surface area contributed by atoms with Gasteiger partial charge in [-0.3, -0.25) is 14.3 Å². The van der Waals surface area contributed by atoms with Gasteiger partial charge in [-0.2, -0.15) is 5.10 Å². The van der Waals surface area contributed by atoms with Crippen LogP contribution in [0.4, 0.5) is 8.78 Å². The normalized spacial score (nSPS) is 19.8. The summed E-state index contributed by atoms with van der Waals surface area (Å²) in [5, 5.41) is 4.33. The van der Waals surface area contributed by atoms with Crippen LogP contribution < -0.4 is 10.2 Å². The lowest BCUT2D eigenvalue weighted by Crippen LogP contribution is -2.51. The number of benzene rings is 2. The number of hydrogen-bond acceptors (Lipinski definition) is 4. The Morgan fingerprint density at radius 2 is 1.59 bits per heavy atom. The van der Waals surface area contributed by atoms with Crippen molar-refractivity contribution in [1.82, 2.24) is 14.7 Å². The molecular weight excluding hydrogens is 416 g/mol. The highest BCUT2D eigenvalue weighted by atomic mass is 19.1. The zero-order valence-corrected chi connectivity index (χ0v) is 17.1. The number of nitrogens with zero attached hydrogens (tertiary/aromatic N) is 3. The minimum Gasteiger partial charge on any atom is -0.484 e. The van der Waals surface area contributed by atoms with Gasteiger partial charge in [-0.25, -0.2) is 8.78 Å². The van der Waals surface area contributed by atoms with Crippen LogP contribution in [0.3, 0.4) is 0 Å². The third-order valence-corrected chi connectivity index (χ3v) is 6.35. The SMILES string of the molecule is [CH2]Oc1c2n(ncc1=O)[C@@H](C(c1ccc(F)cc1)c1ccc(F)cc1)[C@H]1CCCN1C2=O. The molecule has 1 aromatic heterocycles. The van der Waals surface area contributed by atoms with E-state index >= 15 is 0 Å². The van der Waals surface area contributed by atoms with E-state index in [-0.39, 0.29) is 40.9 Å². The van der Waals surface area contributed by atoms with Crippen LogP contribution in [0.15, 0.2) is 59.5 Å². The molecule has 2 aromatic carbocycles. The van der Waals surface area contributed by atoms with Gasteiger partial charge < -0.3 is 9.64 Å². The molecule has 1 radical (unpaired) electrons. The van der Waals surface area contributed by atoms with E-state index in [2.05, 4.69) is 12.2 Å². The summed E-state index contributed by atoms with van der Waals surface area (Å²) in [5.74, 6) is -1.62. The molecule has 2 atom stereocenters. The lowest BCUT2D eigenvalue weighted by atomic mass is 9.80. The molecule has 2 aliphatic rings. The Morgan fingerprint density at radius 1 is 1.00 bits per heavy atom. The van der Waals surface area contributed by atoms with Crippen molar-refractivity contribution in [2.45, 2.75) is 30.8 Å². The lowest BCUT2D eigenvalue weighted by molar-refractivity contribution is 0.0566. The summed E-state index contributed by atoms with van der Waals surface area (Å²) in [7, 11) is 3.36. The molecule has 0 bridgehead atoms. The van der Waals surface area contributed by atoms with E-state index in [4.69, 9.17) is 4.74 Å². The maximum Gasteiger partial charge on any atom is 0.276 e. The maximum absolute atomic E-state index is 13.7. The smallest absolute Gasteiger partial charge is 0.276 e. The number of halogens is 2. The zero-order valence-electron chi connectivity index (χ0n) is 17.1. The van der Waals surface area contributed by atoms with E-state index in [1.165, 1.54) is 28.9 Å². The third-order valence-electron chi connectivity index (χ3n) is 6.35. The molecule has 5 rings (SSSR count). The molecule has 2 aliphatic heterocycles. The zero-order chi connectivity index (χ0) is 22.4. The fourth-order valence-corrected chi connectivity index (χ4v) is 5.00. The Hall–Kier alpha value is -3.55. The number of carbonyl (C=O) groups is 1. The molecule has 6 nitrogen and oxygen atoms in total. The van der Waals surface area contributed by atoms with Crippen molar-refractivity contribution in [3.05, 3.63) is 101 Å². The molecule has 8 heteroatoms. The van der Waals surface area contributed by atoms with Crippen molar-refractivity contribution >= 4 is 5.91 Å². The summed E-state index contributed by atoms with van der Waals surface area (Å²) >= 11 is 0. The first-order chi connectivity index (χ1) is 15.5. The Labute approximate surface area is 183 Å². The lowest BCUT2D eigenvalue weighted by Gasteiger charge is -2.42. The van der Waals surface area contributed by atoms with Crippen molar-refractivity contribution in [3.63, 3.8) is 0 Å². The van der Waals surface area contributed by atoms with Crippen LogP contribution in [0.1, 0.15) is 46.4 Å². The summed E-state index contributed by atoms with van der Waals surface area (Å²) in [5.41, 5.74) is 1.08. The minimum absolute atomic E-state index is 0.0462. The number of carbonyl (C=O) groups excluding carboxylic acids is 1.